The lowest BCUT2D eigenvalue weighted by molar-refractivity contribution is 0.0879. The fourth-order valence-corrected chi connectivity index (χ4v) is 4.54. The molecule has 2 aliphatic heterocycles. The van der Waals surface area contributed by atoms with Crippen LogP contribution in [0, 0.1) is 11.8 Å². The number of hydrogen-bond donors (Lipinski definition) is 1. The summed E-state index contributed by atoms with van der Waals surface area (Å²) >= 11 is 0. The van der Waals surface area contributed by atoms with Crippen LogP contribution in [0.5, 0.6) is 11.5 Å². The van der Waals surface area contributed by atoms with Crippen LogP contribution in [0.1, 0.15) is 38.5 Å². The lowest BCUT2D eigenvalue weighted by Crippen LogP contribution is -2.42. The van der Waals surface area contributed by atoms with E-state index in [9.17, 15) is 0 Å². The van der Waals surface area contributed by atoms with E-state index in [-0.39, 0.29) is 6.10 Å². The maximum absolute atomic E-state index is 6.02. The standard InChI is InChI=1S/C21H32N2O2/c1-2-6-18(5-1)15-23-11-9-17(10-12-23)13-22-14-19-16-24-20-7-3-4-8-21(20)25-19/h3-4,7-8,17-19,22H,1-2,5-6,9-16H2. The van der Waals surface area contributed by atoms with E-state index in [0.29, 0.717) is 6.61 Å². The molecule has 0 bridgehead atoms. The second-order valence-corrected chi connectivity index (χ2v) is 8.05. The normalized spacial score (nSPS) is 25.4. The van der Waals surface area contributed by atoms with Gasteiger partial charge in [0.1, 0.15) is 12.7 Å². The summed E-state index contributed by atoms with van der Waals surface area (Å²) in [4.78, 5) is 2.71. The van der Waals surface area contributed by atoms with Crippen LogP contribution >= 0.6 is 0 Å². The Kier molecular flexibility index (Phi) is 5.78. The van der Waals surface area contributed by atoms with E-state index < -0.39 is 0 Å². The zero-order chi connectivity index (χ0) is 16.9. The predicted octanol–water partition coefficient (Wildman–Crippen LogP) is 3.32. The third-order valence-corrected chi connectivity index (χ3v) is 6.07. The summed E-state index contributed by atoms with van der Waals surface area (Å²) in [6.45, 7) is 6.56. The van der Waals surface area contributed by atoms with Gasteiger partial charge >= 0.3 is 0 Å². The molecule has 138 valence electrons. The minimum absolute atomic E-state index is 0.123. The van der Waals surface area contributed by atoms with Crippen LogP contribution in [0.3, 0.4) is 0 Å². The Bertz CT molecular complexity index is 536. The highest BCUT2D eigenvalue weighted by Crippen LogP contribution is 2.31. The molecule has 0 spiro atoms. The molecule has 1 atom stereocenters. The Labute approximate surface area is 151 Å². The predicted molar refractivity (Wildman–Crippen MR) is 100 cm³/mol. The Morgan fingerprint density at radius 3 is 2.48 bits per heavy atom. The molecule has 4 nitrogen and oxygen atoms in total. The molecule has 1 aromatic rings. The van der Waals surface area contributed by atoms with Gasteiger partial charge in [-0.25, -0.2) is 0 Å². The number of para-hydroxylation sites is 2. The Hall–Kier alpha value is -1.26. The van der Waals surface area contributed by atoms with E-state index in [4.69, 9.17) is 9.47 Å². The van der Waals surface area contributed by atoms with Gasteiger partial charge in [0.25, 0.3) is 0 Å². The molecule has 1 N–H and O–H groups in total. The molecule has 4 rings (SSSR count). The van der Waals surface area contributed by atoms with Crippen LogP contribution in [0.15, 0.2) is 24.3 Å². The third-order valence-electron chi connectivity index (χ3n) is 6.07. The van der Waals surface area contributed by atoms with Gasteiger partial charge in [0.2, 0.25) is 0 Å². The molecule has 2 heterocycles. The van der Waals surface area contributed by atoms with Crippen molar-refractivity contribution in [2.45, 2.75) is 44.6 Å². The van der Waals surface area contributed by atoms with Crippen molar-refractivity contribution in [1.82, 2.24) is 10.2 Å². The minimum Gasteiger partial charge on any atom is -0.486 e. The topological polar surface area (TPSA) is 33.7 Å². The first-order valence-electron chi connectivity index (χ1n) is 10.2. The molecule has 0 aromatic heterocycles. The van der Waals surface area contributed by atoms with Gasteiger partial charge in [0, 0.05) is 13.1 Å². The second-order valence-electron chi connectivity index (χ2n) is 8.05. The van der Waals surface area contributed by atoms with Gasteiger partial charge in [0.15, 0.2) is 11.5 Å². The summed E-state index contributed by atoms with van der Waals surface area (Å²) in [5.74, 6) is 3.55. The van der Waals surface area contributed by atoms with E-state index in [1.54, 1.807) is 0 Å². The van der Waals surface area contributed by atoms with Gasteiger partial charge in [-0.2, -0.15) is 0 Å². The Morgan fingerprint density at radius 2 is 1.68 bits per heavy atom. The summed E-state index contributed by atoms with van der Waals surface area (Å²) in [5.41, 5.74) is 0. The van der Waals surface area contributed by atoms with E-state index in [2.05, 4.69) is 10.2 Å². The molecule has 2 fully saturated rings. The second kappa shape index (κ2) is 8.41. The highest BCUT2D eigenvalue weighted by atomic mass is 16.6. The van der Waals surface area contributed by atoms with E-state index in [1.807, 2.05) is 24.3 Å². The van der Waals surface area contributed by atoms with Gasteiger partial charge in [-0.05, 0) is 69.3 Å². The van der Waals surface area contributed by atoms with Gasteiger partial charge < -0.3 is 19.7 Å². The lowest BCUT2D eigenvalue weighted by atomic mass is 9.95. The molecule has 1 unspecified atom stereocenters. The monoisotopic (exact) mass is 344 g/mol. The van der Waals surface area contributed by atoms with Crippen molar-refractivity contribution in [1.29, 1.82) is 0 Å². The van der Waals surface area contributed by atoms with Crippen molar-refractivity contribution in [2.24, 2.45) is 11.8 Å². The summed E-state index contributed by atoms with van der Waals surface area (Å²) in [7, 11) is 0. The summed E-state index contributed by atoms with van der Waals surface area (Å²) in [6, 6.07) is 7.94. The van der Waals surface area contributed by atoms with Gasteiger partial charge in [-0.15, -0.1) is 0 Å². The molecule has 0 amide bonds. The van der Waals surface area contributed by atoms with Crippen molar-refractivity contribution >= 4 is 0 Å². The molecule has 3 aliphatic rings. The van der Waals surface area contributed by atoms with Crippen molar-refractivity contribution in [3.8, 4) is 11.5 Å². The number of ether oxygens (including phenoxy) is 2. The number of piperidine rings is 1. The lowest BCUT2D eigenvalue weighted by Gasteiger charge is -2.34. The molecule has 0 radical (unpaired) electrons. The SMILES string of the molecule is c1ccc2c(c1)OCC(CNCC1CCN(CC3CCCC3)CC1)O2. The largest absolute Gasteiger partial charge is 0.486 e. The van der Waals surface area contributed by atoms with Crippen LogP contribution in [0.4, 0.5) is 0 Å². The Morgan fingerprint density at radius 1 is 0.920 bits per heavy atom. The van der Waals surface area contributed by atoms with Crippen LogP contribution < -0.4 is 14.8 Å². The van der Waals surface area contributed by atoms with Crippen LogP contribution in [-0.4, -0.2) is 50.3 Å². The average Bonchev–Trinajstić information content (AvgIpc) is 3.16. The fraction of sp³-hybridized carbons (Fsp3) is 0.714. The molecule has 4 heteroatoms. The zero-order valence-corrected chi connectivity index (χ0v) is 15.3. The van der Waals surface area contributed by atoms with Crippen LogP contribution in [0.2, 0.25) is 0 Å². The quantitative estimate of drug-likeness (QED) is 0.858. The van der Waals surface area contributed by atoms with Gasteiger partial charge in [-0.1, -0.05) is 25.0 Å². The smallest absolute Gasteiger partial charge is 0.161 e. The van der Waals surface area contributed by atoms with Crippen LogP contribution in [-0.2, 0) is 0 Å². The highest BCUT2D eigenvalue weighted by Gasteiger charge is 2.24. The van der Waals surface area contributed by atoms with Crippen molar-refractivity contribution in [3.63, 3.8) is 0 Å². The van der Waals surface area contributed by atoms with E-state index >= 15 is 0 Å². The Balaban J connectivity index is 1.12. The number of hydrogen-bond acceptors (Lipinski definition) is 4. The minimum atomic E-state index is 0.123. The fourth-order valence-electron chi connectivity index (χ4n) is 4.54. The first kappa shape index (κ1) is 17.2. The molecular formula is C21H32N2O2. The third kappa shape index (κ3) is 4.68. The number of rotatable bonds is 6. The van der Waals surface area contributed by atoms with E-state index in [1.165, 1.54) is 58.2 Å². The molecule has 1 aliphatic carbocycles. The van der Waals surface area contributed by atoms with Gasteiger partial charge in [-0.3, -0.25) is 0 Å². The summed E-state index contributed by atoms with van der Waals surface area (Å²) in [5, 5.41) is 3.62. The maximum atomic E-state index is 6.02. The number of fused-ring (bicyclic) bond motifs is 1. The average molecular weight is 344 g/mol. The van der Waals surface area contributed by atoms with Crippen molar-refractivity contribution in [2.75, 3.05) is 39.3 Å². The number of nitrogens with zero attached hydrogens (tertiary/aromatic N) is 1. The summed E-state index contributed by atoms with van der Waals surface area (Å²) in [6.07, 6.45) is 8.65. The number of likely N-dealkylation sites (tertiary alicyclic amines) is 1. The molecule has 1 saturated carbocycles. The van der Waals surface area contributed by atoms with Crippen molar-refractivity contribution in [3.05, 3.63) is 24.3 Å². The first-order chi connectivity index (χ1) is 12.4. The first-order valence-corrected chi connectivity index (χ1v) is 10.2. The van der Waals surface area contributed by atoms with E-state index in [0.717, 1.165) is 36.4 Å². The molecule has 1 saturated heterocycles. The highest BCUT2D eigenvalue weighted by molar-refractivity contribution is 5.40. The molecule has 1 aromatic carbocycles. The maximum Gasteiger partial charge on any atom is 0.161 e. The molecular weight excluding hydrogens is 312 g/mol. The number of benzene rings is 1. The number of nitrogens with one attached hydrogen (secondary N) is 1. The molecule has 25 heavy (non-hydrogen) atoms. The summed E-state index contributed by atoms with van der Waals surface area (Å²) < 4.78 is 11.8. The van der Waals surface area contributed by atoms with Gasteiger partial charge in [0.05, 0.1) is 0 Å². The zero-order valence-electron chi connectivity index (χ0n) is 15.3. The van der Waals surface area contributed by atoms with Crippen molar-refractivity contribution < 1.29 is 9.47 Å². The van der Waals surface area contributed by atoms with Crippen LogP contribution in [0.25, 0.3) is 0 Å².